The SMILES string of the molecule is [2H]c1nc(Cl)nc(C([2H])([2H])[2H])c1[2H]. The van der Waals surface area contributed by atoms with Gasteiger partial charge in [0, 0.05) is 16.0 Å². The van der Waals surface area contributed by atoms with E-state index < -0.39 is 24.8 Å². The Morgan fingerprint density at radius 1 is 2.00 bits per heavy atom. The van der Waals surface area contributed by atoms with Gasteiger partial charge in [0.2, 0.25) is 5.28 Å². The molecule has 1 rings (SSSR count). The Morgan fingerprint density at radius 2 is 2.88 bits per heavy atom. The lowest BCUT2D eigenvalue weighted by Gasteiger charge is -1.87. The van der Waals surface area contributed by atoms with Gasteiger partial charge in [0.25, 0.3) is 0 Å². The number of nitrogens with zero attached hydrogens (tertiary/aromatic N) is 2. The van der Waals surface area contributed by atoms with Crippen LogP contribution in [0.25, 0.3) is 0 Å². The molecule has 1 aromatic heterocycles. The minimum atomic E-state index is -2.53. The first-order chi connectivity index (χ1) is 5.82. The highest BCUT2D eigenvalue weighted by Crippen LogP contribution is 1.97. The van der Waals surface area contributed by atoms with Gasteiger partial charge in [-0.25, -0.2) is 9.97 Å². The van der Waals surface area contributed by atoms with Crippen LogP contribution < -0.4 is 0 Å². The molecule has 0 saturated carbocycles. The zero-order valence-corrected chi connectivity index (χ0v) is 4.53. The maximum Gasteiger partial charge on any atom is 0.222 e. The van der Waals surface area contributed by atoms with Crippen molar-refractivity contribution in [1.29, 1.82) is 0 Å². The van der Waals surface area contributed by atoms with Crippen molar-refractivity contribution in [2.24, 2.45) is 0 Å². The van der Waals surface area contributed by atoms with E-state index in [1.807, 2.05) is 0 Å². The molecule has 1 aromatic rings. The van der Waals surface area contributed by atoms with Gasteiger partial charge in [-0.05, 0) is 24.5 Å². The van der Waals surface area contributed by atoms with Crippen molar-refractivity contribution < 1.29 is 6.85 Å². The van der Waals surface area contributed by atoms with E-state index in [2.05, 4.69) is 9.97 Å². The van der Waals surface area contributed by atoms with Gasteiger partial charge in [0.15, 0.2) is 0 Å². The molecule has 0 N–H and O–H groups in total. The number of rotatable bonds is 0. The Labute approximate surface area is 59.6 Å². The first-order valence-corrected chi connectivity index (χ1v) is 2.21. The van der Waals surface area contributed by atoms with Crippen LogP contribution in [0.1, 0.15) is 12.5 Å². The molecule has 0 saturated heterocycles. The van der Waals surface area contributed by atoms with E-state index in [0.29, 0.717) is 0 Å². The second-order valence-electron chi connectivity index (χ2n) is 1.08. The van der Waals surface area contributed by atoms with Gasteiger partial charge in [0.1, 0.15) is 0 Å². The number of hydrogen-bond donors (Lipinski definition) is 0. The summed E-state index contributed by atoms with van der Waals surface area (Å²) in [6.07, 6.45) is -0.480. The van der Waals surface area contributed by atoms with E-state index in [-0.39, 0.29) is 5.28 Å². The second-order valence-corrected chi connectivity index (χ2v) is 1.42. The summed E-state index contributed by atoms with van der Waals surface area (Å²) in [5.74, 6) is 0. The largest absolute Gasteiger partial charge is 0.227 e. The molecule has 8 heavy (non-hydrogen) atoms. The van der Waals surface area contributed by atoms with Crippen molar-refractivity contribution in [3.05, 3.63) is 23.2 Å². The molecule has 0 aliphatic heterocycles. The Bertz CT molecular complexity index is 336. The van der Waals surface area contributed by atoms with E-state index in [9.17, 15) is 0 Å². The lowest BCUT2D eigenvalue weighted by atomic mass is 10.5. The fraction of sp³-hybridized carbons (Fsp3) is 0.200. The van der Waals surface area contributed by atoms with Gasteiger partial charge < -0.3 is 0 Å². The van der Waals surface area contributed by atoms with Crippen LogP contribution in [0, 0.1) is 6.85 Å². The van der Waals surface area contributed by atoms with Crippen LogP contribution in [0.3, 0.4) is 0 Å². The molecule has 0 atom stereocenters. The molecule has 2 nitrogen and oxygen atoms in total. The maximum atomic E-state index is 7.22. The topological polar surface area (TPSA) is 25.8 Å². The summed E-state index contributed by atoms with van der Waals surface area (Å²) in [5.41, 5.74) is -0.488. The highest BCUT2D eigenvalue weighted by atomic mass is 35.5. The maximum absolute atomic E-state index is 7.22. The third kappa shape index (κ3) is 1.17. The highest BCUT2D eigenvalue weighted by molar-refractivity contribution is 6.28. The Balaban J connectivity index is 3.37. The average molecular weight is 134 g/mol. The van der Waals surface area contributed by atoms with Crippen LogP contribution in [-0.2, 0) is 0 Å². The molecule has 0 unspecified atom stereocenters. The predicted octanol–water partition coefficient (Wildman–Crippen LogP) is 1.44. The van der Waals surface area contributed by atoms with Gasteiger partial charge in [-0.2, -0.15) is 0 Å². The van der Waals surface area contributed by atoms with Crippen molar-refractivity contribution in [1.82, 2.24) is 9.97 Å². The molecule has 0 bridgehead atoms. The van der Waals surface area contributed by atoms with Crippen LogP contribution in [0.4, 0.5) is 0 Å². The minimum Gasteiger partial charge on any atom is -0.227 e. The van der Waals surface area contributed by atoms with Gasteiger partial charge >= 0.3 is 0 Å². The molecule has 0 aliphatic carbocycles. The lowest BCUT2D eigenvalue weighted by molar-refractivity contribution is 1.10. The quantitative estimate of drug-likeness (QED) is 0.501. The zero-order valence-electron chi connectivity index (χ0n) is 8.77. The predicted molar refractivity (Wildman–Crippen MR) is 31.8 cm³/mol. The summed E-state index contributed by atoms with van der Waals surface area (Å²) >= 11 is 5.35. The third-order valence-corrected chi connectivity index (χ3v) is 0.696. The molecule has 0 fully saturated rings. The van der Waals surface area contributed by atoms with Crippen molar-refractivity contribution in [2.75, 3.05) is 0 Å². The van der Waals surface area contributed by atoms with E-state index in [4.69, 9.17) is 18.5 Å². The van der Waals surface area contributed by atoms with Gasteiger partial charge in [-0.1, -0.05) is 0 Å². The lowest BCUT2D eigenvalue weighted by Crippen LogP contribution is -1.82. The molecule has 42 valence electrons. The van der Waals surface area contributed by atoms with Crippen molar-refractivity contribution in [2.45, 2.75) is 6.85 Å². The van der Waals surface area contributed by atoms with Crippen LogP contribution in [0.15, 0.2) is 12.2 Å². The summed E-state index contributed by atoms with van der Waals surface area (Å²) in [5, 5.41) is -0.327. The van der Waals surface area contributed by atoms with Gasteiger partial charge in [-0.3, -0.25) is 0 Å². The summed E-state index contributed by atoms with van der Waals surface area (Å²) in [7, 11) is 0. The van der Waals surface area contributed by atoms with Gasteiger partial charge in [-0.15, -0.1) is 0 Å². The van der Waals surface area contributed by atoms with Crippen molar-refractivity contribution in [3.63, 3.8) is 0 Å². The summed E-state index contributed by atoms with van der Waals surface area (Å²) in [4.78, 5) is 6.72. The van der Waals surface area contributed by atoms with Gasteiger partial charge in [0.05, 0.1) is 2.74 Å². The average Bonchev–Trinajstić information content (AvgIpc) is 1.94. The smallest absolute Gasteiger partial charge is 0.222 e. The standard InChI is InChI=1S/C5H5ClN2/c1-4-2-3-7-5(6)8-4/h2-3H,1H3/i1D3,2D,3D. The summed E-state index contributed by atoms with van der Waals surface area (Å²) < 4.78 is 35.3. The fourth-order valence-electron chi connectivity index (χ4n) is 0.272. The van der Waals surface area contributed by atoms with E-state index in [0.717, 1.165) is 0 Å². The Hall–Kier alpha value is -0.630. The molecular formula is C5H5ClN2. The zero-order chi connectivity index (χ0) is 10.2. The molecule has 0 amide bonds. The van der Waals surface area contributed by atoms with Crippen molar-refractivity contribution >= 4 is 11.6 Å². The van der Waals surface area contributed by atoms with E-state index in [1.54, 1.807) is 0 Å². The highest BCUT2D eigenvalue weighted by Gasteiger charge is 1.85. The fourth-order valence-corrected chi connectivity index (χ4v) is 0.399. The minimum absolute atomic E-state index is 0.327. The van der Waals surface area contributed by atoms with Crippen LogP contribution >= 0.6 is 11.6 Å². The molecule has 0 radical (unpaired) electrons. The summed E-state index contributed by atoms with van der Waals surface area (Å²) in [6.45, 7) is -2.53. The number of hydrogen-bond acceptors (Lipinski definition) is 2. The molecule has 0 aliphatic rings. The molecule has 1 heterocycles. The van der Waals surface area contributed by atoms with Crippen molar-refractivity contribution in [3.8, 4) is 0 Å². The second kappa shape index (κ2) is 2.09. The monoisotopic (exact) mass is 133 g/mol. The van der Waals surface area contributed by atoms with E-state index >= 15 is 0 Å². The molecule has 0 aromatic carbocycles. The first-order valence-electron chi connectivity index (χ1n) is 4.33. The normalized spacial score (nSPS) is 19.9. The van der Waals surface area contributed by atoms with Crippen LogP contribution in [0.5, 0.6) is 0 Å². The summed E-state index contributed by atoms with van der Waals surface area (Å²) in [6, 6.07) is -0.510. The molecule has 3 heteroatoms. The number of halogens is 1. The van der Waals surface area contributed by atoms with Crippen LogP contribution in [-0.4, -0.2) is 9.97 Å². The Kier molecular flexibility index (Phi) is 0.511. The van der Waals surface area contributed by atoms with Crippen LogP contribution in [0.2, 0.25) is 5.28 Å². The first kappa shape index (κ1) is 1.95. The molecular weight excluding hydrogens is 124 g/mol. The Morgan fingerprint density at radius 3 is 3.62 bits per heavy atom. The number of aromatic nitrogens is 2. The third-order valence-electron chi connectivity index (χ3n) is 0.527. The molecule has 0 spiro atoms. The van der Waals surface area contributed by atoms with E-state index in [1.165, 1.54) is 0 Å². The number of aryl methyl sites for hydroxylation is 1.